The molecular weight excluding hydrogens is 178 g/mol. The summed E-state index contributed by atoms with van der Waals surface area (Å²) < 4.78 is 5.34. The summed E-state index contributed by atoms with van der Waals surface area (Å²) in [4.78, 5) is 6.55. The van der Waals surface area contributed by atoms with E-state index in [4.69, 9.17) is 10.2 Å². The number of anilines is 1. The summed E-state index contributed by atoms with van der Waals surface area (Å²) >= 11 is 0. The Balaban J connectivity index is 1.98. The molecule has 2 rings (SSSR count). The molecule has 1 aromatic rings. The van der Waals surface area contributed by atoms with Gasteiger partial charge >= 0.3 is 0 Å². The number of aromatic nitrogens is 1. The van der Waals surface area contributed by atoms with Crippen LogP contribution < -0.4 is 5.73 Å². The first-order valence-electron chi connectivity index (χ1n) is 5.26. The largest absolute Gasteiger partial charge is 0.427 e. The number of rotatable bonds is 3. The van der Waals surface area contributed by atoms with E-state index in [2.05, 4.69) is 16.8 Å². The van der Waals surface area contributed by atoms with E-state index in [1.54, 1.807) is 0 Å². The number of nitrogen functional groups attached to an aromatic ring is 1. The molecule has 0 bridgehead atoms. The first-order valence-corrected chi connectivity index (χ1v) is 5.26. The van der Waals surface area contributed by atoms with Crippen LogP contribution in [0.25, 0.3) is 0 Å². The highest BCUT2D eigenvalue weighted by atomic mass is 16.4. The summed E-state index contributed by atoms with van der Waals surface area (Å²) in [5, 5.41) is 0. The molecule has 1 aliphatic rings. The molecule has 0 aliphatic carbocycles. The van der Waals surface area contributed by atoms with Gasteiger partial charge in [0.1, 0.15) is 5.76 Å². The first kappa shape index (κ1) is 9.52. The Hall–Kier alpha value is -1.03. The van der Waals surface area contributed by atoms with Crippen LogP contribution in [0.3, 0.4) is 0 Å². The Labute approximate surface area is 84.1 Å². The second-order valence-corrected chi connectivity index (χ2v) is 3.80. The number of hydrogen-bond donors (Lipinski definition) is 1. The van der Waals surface area contributed by atoms with Gasteiger partial charge in [0.15, 0.2) is 0 Å². The van der Waals surface area contributed by atoms with Gasteiger partial charge in [0.2, 0.25) is 0 Å². The summed E-state index contributed by atoms with van der Waals surface area (Å²) in [6, 6.07) is 0.312. The predicted octanol–water partition coefficient (Wildman–Crippen LogP) is 1.42. The van der Waals surface area contributed by atoms with Gasteiger partial charge < -0.3 is 10.2 Å². The van der Waals surface area contributed by atoms with E-state index in [0.29, 0.717) is 6.01 Å². The maximum absolute atomic E-state index is 5.51. The van der Waals surface area contributed by atoms with Gasteiger partial charge in [-0.15, -0.1) is 0 Å². The standard InChI is InChI=1S/C10H17N3O/c1-2-3-5-13-6-4-8-9(7-13)14-10(11)12-8/h2-7H2,1H3,(H2,11,12). The van der Waals surface area contributed by atoms with E-state index in [0.717, 1.165) is 37.5 Å². The normalized spacial score (nSPS) is 16.9. The molecule has 0 radical (unpaired) electrons. The molecule has 14 heavy (non-hydrogen) atoms. The van der Waals surface area contributed by atoms with E-state index in [1.807, 2.05) is 0 Å². The van der Waals surface area contributed by atoms with Crippen LogP contribution in [0, 0.1) is 0 Å². The smallest absolute Gasteiger partial charge is 0.292 e. The van der Waals surface area contributed by atoms with Crippen molar-refractivity contribution in [3.63, 3.8) is 0 Å². The molecule has 2 N–H and O–H groups in total. The van der Waals surface area contributed by atoms with Crippen LogP contribution in [0.2, 0.25) is 0 Å². The molecule has 0 fully saturated rings. The lowest BCUT2D eigenvalue weighted by Crippen LogP contribution is -2.30. The van der Waals surface area contributed by atoms with Crippen molar-refractivity contribution in [2.24, 2.45) is 0 Å². The molecule has 78 valence electrons. The van der Waals surface area contributed by atoms with Crippen molar-refractivity contribution in [2.75, 3.05) is 18.8 Å². The zero-order valence-corrected chi connectivity index (χ0v) is 8.62. The fourth-order valence-electron chi connectivity index (χ4n) is 1.84. The number of unbranched alkanes of at least 4 members (excludes halogenated alkanes) is 1. The van der Waals surface area contributed by atoms with Gasteiger partial charge in [0.25, 0.3) is 6.01 Å². The lowest BCUT2D eigenvalue weighted by molar-refractivity contribution is 0.227. The number of hydrogen-bond acceptors (Lipinski definition) is 4. The lowest BCUT2D eigenvalue weighted by Gasteiger charge is -2.24. The molecule has 4 heteroatoms. The minimum absolute atomic E-state index is 0.312. The van der Waals surface area contributed by atoms with Gasteiger partial charge in [0.05, 0.1) is 12.2 Å². The highest BCUT2D eigenvalue weighted by Gasteiger charge is 2.20. The Morgan fingerprint density at radius 2 is 2.43 bits per heavy atom. The van der Waals surface area contributed by atoms with Crippen LogP contribution in [-0.4, -0.2) is 23.0 Å². The summed E-state index contributed by atoms with van der Waals surface area (Å²) in [6.45, 7) is 5.32. The first-order chi connectivity index (χ1) is 6.79. The van der Waals surface area contributed by atoms with Crippen LogP contribution >= 0.6 is 0 Å². The van der Waals surface area contributed by atoms with Crippen LogP contribution in [0.15, 0.2) is 4.42 Å². The minimum atomic E-state index is 0.312. The molecule has 0 aromatic carbocycles. The third kappa shape index (κ3) is 1.90. The number of nitrogens with two attached hydrogens (primary N) is 1. The lowest BCUT2D eigenvalue weighted by atomic mass is 10.1. The second kappa shape index (κ2) is 4.00. The fraction of sp³-hybridized carbons (Fsp3) is 0.700. The van der Waals surface area contributed by atoms with Gasteiger partial charge in [-0.3, -0.25) is 4.90 Å². The monoisotopic (exact) mass is 195 g/mol. The number of oxazole rings is 1. The van der Waals surface area contributed by atoms with E-state index in [1.165, 1.54) is 12.8 Å². The Morgan fingerprint density at radius 1 is 1.57 bits per heavy atom. The second-order valence-electron chi connectivity index (χ2n) is 3.80. The third-order valence-corrected chi connectivity index (χ3v) is 2.65. The molecular formula is C10H17N3O. The molecule has 0 unspecified atom stereocenters. The van der Waals surface area contributed by atoms with E-state index < -0.39 is 0 Å². The van der Waals surface area contributed by atoms with Crippen molar-refractivity contribution in [1.82, 2.24) is 9.88 Å². The van der Waals surface area contributed by atoms with Crippen molar-refractivity contribution < 1.29 is 4.42 Å². The van der Waals surface area contributed by atoms with Crippen molar-refractivity contribution in [3.05, 3.63) is 11.5 Å². The van der Waals surface area contributed by atoms with Crippen LogP contribution in [0.1, 0.15) is 31.2 Å². The highest BCUT2D eigenvalue weighted by molar-refractivity contribution is 5.21. The summed E-state index contributed by atoms with van der Waals surface area (Å²) in [5.41, 5.74) is 6.56. The van der Waals surface area contributed by atoms with Crippen molar-refractivity contribution in [2.45, 2.75) is 32.7 Å². The van der Waals surface area contributed by atoms with Gasteiger partial charge in [-0.1, -0.05) is 13.3 Å². The zero-order valence-electron chi connectivity index (χ0n) is 8.62. The average molecular weight is 195 g/mol. The van der Waals surface area contributed by atoms with Crippen LogP contribution in [-0.2, 0) is 13.0 Å². The topological polar surface area (TPSA) is 55.3 Å². The van der Waals surface area contributed by atoms with Gasteiger partial charge in [-0.05, 0) is 13.0 Å². The maximum atomic E-state index is 5.51. The number of fused-ring (bicyclic) bond motifs is 1. The maximum Gasteiger partial charge on any atom is 0.292 e. The molecule has 0 saturated heterocycles. The van der Waals surface area contributed by atoms with E-state index >= 15 is 0 Å². The van der Waals surface area contributed by atoms with Gasteiger partial charge in [0, 0.05) is 13.0 Å². The highest BCUT2D eigenvalue weighted by Crippen LogP contribution is 2.20. The summed E-state index contributed by atoms with van der Waals surface area (Å²) in [6.07, 6.45) is 3.46. The Bertz CT molecular complexity index is 308. The molecule has 0 spiro atoms. The Kier molecular flexibility index (Phi) is 2.72. The molecule has 0 amide bonds. The fourth-order valence-corrected chi connectivity index (χ4v) is 1.84. The minimum Gasteiger partial charge on any atom is -0.427 e. The van der Waals surface area contributed by atoms with Crippen LogP contribution in [0.4, 0.5) is 6.01 Å². The summed E-state index contributed by atoms with van der Waals surface area (Å²) in [5.74, 6) is 0.963. The van der Waals surface area contributed by atoms with E-state index in [9.17, 15) is 0 Å². The molecule has 0 saturated carbocycles. The third-order valence-electron chi connectivity index (χ3n) is 2.65. The molecule has 4 nitrogen and oxygen atoms in total. The SMILES string of the molecule is CCCCN1CCc2nc(N)oc2C1. The molecule has 0 atom stereocenters. The van der Waals surface area contributed by atoms with Crippen molar-refractivity contribution in [3.8, 4) is 0 Å². The quantitative estimate of drug-likeness (QED) is 0.792. The zero-order chi connectivity index (χ0) is 9.97. The van der Waals surface area contributed by atoms with Crippen molar-refractivity contribution in [1.29, 1.82) is 0 Å². The summed E-state index contributed by atoms with van der Waals surface area (Å²) in [7, 11) is 0. The Morgan fingerprint density at radius 3 is 3.21 bits per heavy atom. The van der Waals surface area contributed by atoms with E-state index in [-0.39, 0.29) is 0 Å². The number of nitrogens with zero attached hydrogens (tertiary/aromatic N) is 2. The average Bonchev–Trinajstić information content (AvgIpc) is 2.54. The van der Waals surface area contributed by atoms with Gasteiger partial charge in [-0.2, -0.15) is 4.98 Å². The van der Waals surface area contributed by atoms with Crippen LogP contribution in [0.5, 0.6) is 0 Å². The predicted molar refractivity (Wildman–Crippen MR) is 54.8 cm³/mol. The molecule has 1 aromatic heterocycles. The van der Waals surface area contributed by atoms with Gasteiger partial charge in [-0.25, -0.2) is 0 Å². The van der Waals surface area contributed by atoms with Crippen molar-refractivity contribution >= 4 is 6.01 Å². The molecule has 2 heterocycles. The molecule has 1 aliphatic heterocycles.